The van der Waals surface area contributed by atoms with E-state index in [9.17, 15) is 10.2 Å². The number of aliphatic hydroxyl groups is 2. The largest absolute Gasteiger partial charge is 0.407 e. The molecule has 7 nitrogen and oxygen atoms in total. The van der Waals surface area contributed by atoms with Crippen molar-refractivity contribution >= 4 is 6.01 Å². The van der Waals surface area contributed by atoms with Gasteiger partial charge in [-0.05, 0) is 20.8 Å². The van der Waals surface area contributed by atoms with Crippen molar-refractivity contribution in [1.29, 1.82) is 0 Å². The van der Waals surface area contributed by atoms with Crippen molar-refractivity contribution in [2.45, 2.75) is 45.1 Å². The normalized spacial score (nSPS) is 24.8. The van der Waals surface area contributed by atoms with Crippen molar-refractivity contribution < 1.29 is 14.6 Å². The molecule has 0 spiro atoms. The molecule has 102 valence electrons. The van der Waals surface area contributed by atoms with Crippen LogP contribution in [0.15, 0.2) is 4.42 Å². The molecule has 0 amide bonds. The first-order valence-electron chi connectivity index (χ1n) is 6.03. The number of anilines is 1. The average Bonchev–Trinajstić information content (AvgIpc) is 2.83. The first-order chi connectivity index (χ1) is 8.35. The highest BCUT2D eigenvalue weighted by atomic mass is 16.4. The van der Waals surface area contributed by atoms with Crippen LogP contribution in [-0.2, 0) is 6.54 Å². The Morgan fingerprint density at radius 3 is 2.44 bits per heavy atom. The van der Waals surface area contributed by atoms with Gasteiger partial charge in [-0.25, -0.2) is 0 Å². The number of aromatic nitrogens is 2. The maximum atomic E-state index is 9.45. The molecule has 1 aromatic rings. The molecule has 2 atom stereocenters. The van der Waals surface area contributed by atoms with E-state index in [1.54, 1.807) is 4.90 Å². The van der Waals surface area contributed by atoms with Gasteiger partial charge in [0.15, 0.2) is 0 Å². The fraction of sp³-hybridized carbons (Fsp3) is 0.818. The van der Waals surface area contributed by atoms with Crippen LogP contribution in [0.3, 0.4) is 0 Å². The van der Waals surface area contributed by atoms with Gasteiger partial charge in [-0.3, -0.25) is 0 Å². The SMILES string of the molecule is CC(C)(C)NCc1nnc(N2CC(O)C(O)C2)o1. The summed E-state index contributed by atoms with van der Waals surface area (Å²) in [6, 6.07) is 0.344. The minimum Gasteiger partial charge on any atom is -0.407 e. The fourth-order valence-electron chi connectivity index (χ4n) is 1.71. The molecule has 0 aromatic carbocycles. The third-order valence-electron chi connectivity index (χ3n) is 2.76. The number of aliphatic hydroxyl groups excluding tert-OH is 2. The summed E-state index contributed by atoms with van der Waals surface area (Å²) in [7, 11) is 0. The Bertz CT molecular complexity index is 391. The second-order valence-corrected chi connectivity index (χ2v) is 5.62. The van der Waals surface area contributed by atoms with Crippen molar-refractivity contribution in [2.24, 2.45) is 0 Å². The Morgan fingerprint density at radius 2 is 1.89 bits per heavy atom. The summed E-state index contributed by atoms with van der Waals surface area (Å²) >= 11 is 0. The maximum absolute atomic E-state index is 9.45. The second-order valence-electron chi connectivity index (χ2n) is 5.62. The number of β-amino-alcohol motifs (C(OH)–C–C–N with tert-alkyl or cyclic N) is 2. The van der Waals surface area contributed by atoms with Gasteiger partial charge in [0.2, 0.25) is 5.89 Å². The molecular weight excluding hydrogens is 236 g/mol. The van der Waals surface area contributed by atoms with Crippen LogP contribution in [0.2, 0.25) is 0 Å². The fourth-order valence-corrected chi connectivity index (χ4v) is 1.71. The van der Waals surface area contributed by atoms with Crippen molar-refractivity contribution in [3.63, 3.8) is 0 Å². The van der Waals surface area contributed by atoms with E-state index >= 15 is 0 Å². The van der Waals surface area contributed by atoms with Crippen LogP contribution in [0.5, 0.6) is 0 Å². The number of nitrogens with zero attached hydrogens (tertiary/aromatic N) is 3. The molecule has 1 aliphatic rings. The molecule has 7 heteroatoms. The van der Waals surface area contributed by atoms with Gasteiger partial charge in [-0.1, -0.05) is 5.10 Å². The van der Waals surface area contributed by atoms with E-state index in [0.29, 0.717) is 31.5 Å². The van der Waals surface area contributed by atoms with E-state index in [1.165, 1.54) is 0 Å². The molecule has 2 unspecified atom stereocenters. The molecule has 0 aliphatic carbocycles. The van der Waals surface area contributed by atoms with Gasteiger partial charge < -0.3 is 24.8 Å². The number of hydrogen-bond acceptors (Lipinski definition) is 7. The summed E-state index contributed by atoms with van der Waals surface area (Å²) in [5, 5.41) is 30.0. The van der Waals surface area contributed by atoms with Crippen LogP contribution in [0.4, 0.5) is 6.01 Å². The maximum Gasteiger partial charge on any atom is 0.318 e. The molecule has 2 heterocycles. The molecule has 0 bridgehead atoms. The minimum absolute atomic E-state index is 0.0192. The van der Waals surface area contributed by atoms with Gasteiger partial charge in [0.1, 0.15) is 0 Å². The monoisotopic (exact) mass is 256 g/mol. The molecule has 1 aliphatic heterocycles. The molecule has 1 saturated heterocycles. The lowest BCUT2D eigenvalue weighted by Crippen LogP contribution is -2.35. The lowest BCUT2D eigenvalue weighted by Gasteiger charge is -2.18. The summed E-state index contributed by atoms with van der Waals surface area (Å²) in [6.07, 6.45) is -1.51. The predicted molar refractivity (Wildman–Crippen MR) is 65.1 cm³/mol. The van der Waals surface area contributed by atoms with E-state index < -0.39 is 12.2 Å². The van der Waals surface area contributed by atoms with E-state index in [1.807, 2.05) is 0 Å². The van der Waals surface area contributed by atoms with Gasteiger partial charge in [0, 0.05) is 5.54 Å². The van der Waals surface area contributed by atoms with Crippen molar-refractivity contribution in [1.82, 2.24) is 15.5 Å². The van der Waals surface area contributed by atoms with E-state index in [4.69, 9.17) is 4.42 Å². The predicted octanol–water partition coefficient (Wildman–Crippen LogP) is -0.501. The Labute approximate surface area is 106 Å². The van der Waals surface area contributed by atoms with Crippen LogP contribution >= 0.6 is 0 Å². The molecule has 0 radical (unpaired) electrons. The van der Waals surface area contributed by atoms with Gasteiger partial charge in [0.25, 0.3) is 0 Å². The zero-order valence-electron chi connectivity index (χ0n) is 10.9. The number of rotatable bonds is 3. The average molecular weight is 256 g/mol. The Hall–Kier alpha value is -1.18. The van der Waals surface area contributed by atoms with E-state index in [-0.39, 0.29) is 5.54 Å². The zero-order chi connectivity index (χ0) is 13.3. The summed E-state index contributed by atoms with van der Waals surface area (Å²) < 4.78 is 5.48. The lowest BCUT2D eigenvalue weighted by molar-refractivity contribution is 0.0572. The third-order valence-corrected chi connectivity index (χ3v) is 2.76. The summed E-state index contributed by atoms with van der Waals surface area (Å²) in [5.41, 5.74) is -0.0192. The zero-order valence-corrected chi connectivity index (χ0v) is 10.9. The standard InChI is InChI=1S/C11H20N4O3/c1-11(2,3)12-4-9-13-14-10(18-9)15-5-7(16)8(17)6-15/h7-8,12,16-17H,4-6H2,1-3H3. The van der Waals surface area contributed by atoms with E-state index in [2.05, 4.69) is 36.3 Å². The van der Waals surface area contributed by atoms with Gasteiger partial charge >= 0.3 is 6.01 Å². The Balaban J connectivity index is 1.94. The van der Waals surface area contributed by atoms with Crippen molar-refractivity contribution in [2.75, 3.05) is 18.0 Å². The smallest absolute Gasteiger partial charge is 0.318 e. The first kappa shape index (κ1) is 13.3. The topological polar surface area (TPSA) is 94.7 Å². The van der Waals surface area contributed by atoms with Gasteiger partial charge in [-0.2, -0.15) is 0 Å². The molecule has 2 rings (SSSR count). The molecule has 18 heavy (non-hydrogen) atoms. The Kier molecular flexibility index (Phi) is 3.56. The Morgan fingerprint density at radius 1 is 1.28 bits per heavy atom. The minimum atomic E-state index is -0.756. The molecule has 1 aromatic heterocycles. The highest BCUT2D eigenvalue weighted by Gasteiger charge is 2.32. The van der Waals surface area contributed by atoms with Crippen LogP contribution in [0, 0.1) is 0 Å². The lowest BCUT2D eigenvalue weighted by atomic mass is 10.1. The van der Waals surface area contributed by atoms with Gasteiger partial charge in [0.05, 0.1) is 31.8 Å². The first-order valence-corrected chi connectivity index (χ1v) is 6.03. The van der Waals surface area contributed by atoms with Crippen LogP contribution < -0.4 is 10.2 Å². The highest BCUT2D eigenvalue weighted by Crippen LogP contribution is 2.19. The summed E-state index contributed by atoms with van der Waals surface area (Å²) in [6.45, 7) is 7.28. The molecule has 0 saturated carbocycles. The number of nitrogens with one attached hydrogen (secondary N) is 1. The van der Waals surface area contributed by atoms with Crippen molar-refractivity contribution in [3.05, 3.63) is 5.89 Å². The molecule has 1 fully saturated rings. The molecular formula is C11H20N4O3. The quantitative estimate of drug-likeness (QED) is 0.671. The third kappa shape index (κ3) is 3.18. The number of hydrogen-bond donors (Lipinski definition) is 3. The van der Waals surface area contributed by atoms with Crippen molar-refractivity contribution in [3.8, 4) is 0 Å². The second kappa shape index (κ2) is 4.83. The van der Waals surface area contributed by atoms with Crippen LogP contribution in [-0.4, -0.2) is 51.2 Å². The molecule has 3 N–H and O–H groups in total. The van der Waals surface area contributed by atoms with Gasteiger partial charge in [-0.15, -0.1) is 5.10 Å². The van der Waals surface area contributed by atoms with Crippen LogP contribution in [0.1, 0.15) is 26.7 Å². The van der Waals surface area contributed by atoms with Crippen LogP contribution in [0.25, 0.3) is 0 Å². The highest BCUT2D eigenvalue weighted by molar-refractivity contribution is 5.28. The summed E-state index contributed by atoms with van der Waals surface area (Å²) in [4.78, 5) is 1.68. The summed E-state index contributed by atoms with van der Waals surface area (Å²) in [5.74, 6) is 0.496. The van der Waals surface area contributed by atoms with E-state index in [0.717, 1.165) is 0 Å².